The van der Waals surface area contributed by atoms with Crippen LogP contribution in [0.1, 0.15) is 46.0 Å². The molecule has 3 rings (SSSR count). The van der Waals surface area contributed by atoms with E-state index in [2.05, 4.69) is 18.5 Å². The van der Waals surface area contributed by atoms with E-state index in [1.807, 2.05) is 0 Å². The summed E-state index contributed by atoms with van der Waals surface area (Å²) in [6.07, 6.45) is 7.27. The maximum absolute atomic E-state index is 5.94. The fourth-order valence-electron chi connectivity index (χ4n) is 3.42. The summed E-state index contributed by atoms with van der Waals surface area (Å²) in [5, 5.41) is 0. The highest BCUT2D eigenvalue weighted by molar-refractivity contribution is 7.45. The Balaban J connectivity index is 1.71. The molecule has 0 aromatic heterocycles. The van der Waals surface area contributed by atoms with Crippen molar-refractivity contribution in [3.63, 3.8) is 0 Å². The summed E-state index contributed by atoms with van der Waals surface area (Å²) in [4.78, 5) is 0. The molecule has 4 atom stereocenters. The maximum atomic E-state index is 5.94. The molecule has 16 heavy (non-hydrogen) atoms. The zero-order valence-corrected chi connectivity index (χ0v) is 11.2. The first-order chi connectivity index (χ1) is 7.75. The lowest BCUT2D eigenvalue weighted by molar-refractivity contribution is 0.188. The van der Waals surface area contributed by atoms with Crippen LogP contribution in [0.4, 0.5) is 0 Å². The molecule has 2 heterocycles. The molecule has 0 N–H and O–H groups in total. The van der Waals surface area contributed by atoms with Gasteiger partial charge in [0.05, 0.1) is 12.7 Å². The van der Waals surface area contributed by atoms with Crippen molar-refractivity contribution in [1.29, 1.82) is 0 Å². The second-order valence-corrected chi connectivity index (χ2v) is 6.98. The van der Waals surface area contributed by atoms with Crippen LogP contribution >= 0.6 is 8.53 Å². The highest BCUT2D eigenvalue weighted by atomic mass is 31.2. The molecule has 0 radical (unpaired) electrons. The molecular formula is C12H22NO2P. The smallest absolute Gasteiger partial charge is 0.259 e. The van der Waals surface area contributed by atoms with Gasteiger partial charge in [-0.05, 0) is 39.0 Å². The maximum Gasteiger partial charge on any atom is 0.259 e. The molecule has 1 aliphatic carbocycles. The van der Waals surface area contributed by atoms with E-state index in [1.165, 1.54) is 32.1 Å². The van der Waals surface area contributed by atoms with Crippen molar-refractivity contribution in [3.05, 3.63) is 0 Å². The zero-order chi connectivity index (χ0) is 11.1. The Morgan fingerprint density at radius 2 is 2.12 bits per heavy atom. The van der Waals surface area contributed by atoms with Crippen LogP contribution in [0.5, 0.6) is 0 Å². The van der Waals surface area contributed by atoms with Gasteiger partial charge in [-0.15, -0.1) is 0 Å². The third-order valence-electron chi connectivity index (χ3n) is 4.02. The van der Waals surface area contributed by atoms with Crippen LogP contribution in [-0.4, -0.2) is 29.5 Å². The van der Waals surface area contributed by atoms with Crippen LogP contribution in [0.2, 0.25) is 0 Å². The molecule has 0 aromatic carbocycles. The third kappa shape index (κ3) is 1.92. The van der Waals surface area contributed by atoms with E-state index in [4.69, 9.17) is 9.05 Å². The number of nitrogens with zero attached hydrogens (tertiary/aromatic N) is 1. The molecule has 92 valence electrons. The van der Waals surface area contributed by atoms with Gasteiger partial charge in [-0.1, -0.05) is 12.8 Å². The minimum absolute atomic E-state index is 0.285. The summed E-state index contributed by atoms with van der Waals surface area (Å²) in [7, 11) is -0.735. The highest BCUT2D eigenvalue weighted by Crippen LogP contribution is 2.59. The summed E-state index contributed by atoms with van der Waals surface area (Å²) >= 11 is 0. The fourth-order valence-corrected chi connectivity index (χ4v) is 5.36. The van der Waals surface area contributed by atoms with Crippen LogP contribution in [0.15, 0.2) is 0 Å². The van der Waals surface area contributed by atoms with E-state index >= 15 is 0 Å². The zero-order valence-electron chi connectivity index (χ0n) is 10.3. The lowest BCUT2D eigenvalue weighted by atomic mass is 9.85. The Hall–Kier alpha value is 0.310. The first kappa shape index (κ1) is 11.4. The van der Waals surface area contributed by atoms with Gasteiger partial charge in [0.15, 0.2) is 0 Å². The average Bonchev–Trinajstić information content (AvgIpc) is 2.77. The molecule has 3 aliphatic rings. The molecule has 1 saturated carbocycles. The quantitative estimate of drug-likeness (QED) is 0.694. The van der Waals surface area contributed by atoms with Crippen LogP contribution in [-0.2, 0) is 9.05 Å². The van der Waals surface area contributed by atoms with Gasteiger partial charge >= 0.3 is 0 Å². The van der Waals surface area contributed by atoms with E-state index in [1.54, 1.807) is 0 Å². The number of rotatable bonds is 2. The topological polar surface area (TPSA) is 21.7 Å². The number of hydrogen-bond donors (Lipinski definition) is 0. The molecule has 0 amide bonds. The second-order valence-electron chi connectivity index (χ2n) is 5.57. The highest BCUT2D eigenvalue weighted by Gasteiger charge is 2.50. The first-order valence-corrected chi connectivity index (χ1v) is 7.77. The molecule has 0 aromatic rings. The van der Waals surface area contributed by atoms with Gasteiger partial charge in [-0.3, -0.25) is 0 Å². The average molecular weight is 243 g/mol. The fraction of sp³-hybridized carbons (Fsp3) is 1.00. The van der Waals surface area contributed by atoms with Crippen molar-refractivity contribution in [2.24, 2.45) is 5.92 Å². The van der Waals surface area contributed by atoms with Crippen LogP contribution < -0.4 is 0 Å². The predicted octanol–water partition coefficient (Wildman–Crippen LogP) is 3.30. The predicted molar refractivity (Wildman–Crippen MR) is 65.1 cm³/mol. The van der Waals surface area contributed by atoms with Crippen LogP contribution in [0, 0.1) is 5.92 Å². The Kier molecular flexibility index (Phi) is 3.23. The van der Waals surface area contributed by atoms with Crippen molar-refractivity contribution in [1.82, 2.24) is 4.67 Å². The van der Waals surface area contributed by atoms with Gasteiger partial charge in [0.1, 0.15) is 0 Å². The molecular weight excluding hydrogens is 221 g/mol. The molecule has 3 nitrogen and oxygen atoms in total. The van der Waals surface area contributed by atoms with Gasteiger partial charge in [-0.2, -0.15) is 0 Å². The van der Waals surface area contributed by atoms with Crippen molar-refractivity contribution < 1.29 is 9.05 Å². The van der Waals surface area contributed by atoms with Crippen LogP contribution in [0.3, 0.4) is 0 Å². The molecule has 2 aliphatic heterocycles. The lowest BCUT2D eigenvalue weighted by Gasteiger charge is -2.33. The van der Waals surface area contributed by atoms with Crippen molar-refractivity contribution in [2.45, 2.75) is 64.1 Å². The monoisotopic (exact) mass is 243 g/mol. The molecule has 3 fully saturated rings. The third-order valence-corrected chi connectivity index (χ3v) is 6.00. The molecule has 1 unspecified atom stereocenters. The molecule has 0 bridgehead atoms. The van der Waals surface area contributed by atoms with Crippen molar-refractivity contribution in [3.8, 4) is 0 Å². The number of fused-ring (bicyclic) bond motifs is 3. The Bertz CT molecular complexity index is 261. The molecule has 2 saturated heterocycles. The summed E-state index contributed by atoms with van der Waals surface area (Å²) in [6.45, 7) is 5.12. The summed E-state index contributed by atoms with van der Waals surface area (Å²) in [6, 6.07) is 1.43. The van der Waals surface area contributed by atoms with Gasteiger partial charge in [0.2, 0.25) is 0 Å². The van der Waals surface area contributed by atoms with E-state index in [9.17, 15) is 0 Å². The summed E-state index contributed by atoms with van der Waals surface area (Å²) in [5.74, 6) is 0.934. The van der Waals surface area contributed by atoms with Gasteiger partial charge in [0, 0.05) is 12.1 Å². The van der Waals surface area contributed by atoms with Crippen molar-refractivity contribution >= 4 is 8.53 Å². The Morgan fingerprint density at radius 3 is 2.94 bits per heavy atom. The van der Waals surface area contributed by atoms with Gasteiger partial charge in [0.25, 0.3) is 8.53 Å². The van der Waals surface area contributed by atoms with Crippen molar-refractivity contribution in [2.75, 3.05) is 6.61 Å². The largest absolute Gasteiger partial charge is 0.320 e. The summed E-state index contributed by atoms with van der Waals surface area (Å²) in [5.41, 5.74) is 0. The molecule has 0 spiro atoms. The van der Waals surface area contributed by atoms with E-state index in [-0.39, 0.29) is 6.10 Å². The normalized spacial score (nSPS) is 43.7. The first-order valence-electron chi connectivity index (χ1n) is 6.64. The van der Waals surface area contributed by atoms with Gasteiger partial charge in [-0.25, -0.2) is 4.67 Å². The standard InChI is InChI=1S/C12H22NO2P/c1-9(2)15-16-13-11(8-14-16)7-10-5-3-4-6-12(10)13/h9-12H,3-8H2,1-2H3/t10-,11-,12-,16?/m0/s1. The lowest BCUT2D eigenvalue weighted by Crippen LogP contribution is -2.32. The second kappa shape index (κ2) is 4.53. The Morgan fingerprint density at radius 1 is 1.31 bits per heavy atom. The van der Waals surface area contributed by atoms with E-state index in [0.29, 0.717) is 6.04 Å². The van der Waals surface area contributed by atoms with E-state index < -0.39 is 8.53 Å². The van der Waals surface area contributed by atoms with Gasteiger partial charge < -0.3 is 9.05 Å². The van der Waals surface area contributed by atoms with E-state index in [0.717, 1.165) is 18.6 Å². The molecule has 4 heteroatoms. The SMILES string of the molecule is CC(C)OP1OC[C@@H]2C[C@@H]3CCCC[C@@H]3N21. The Labute approximate surface area is 99.5 Å². The number of hydrogen-bond acceptors (Lipinski definition) is 3. The summed E-state index contributed by atoms with van der Waals surface area (Å²) < 4.78 is 14.4. The van der Waals surface area contributed by atoms with Crippen LogP contribution in [0.25, 0.3) is 0 Å². The minimum atomic E-state index is -0.735. The minimum Gasteiger partial charge on any atom is -0.320 e.